The van der Waals surface area contributed by atoms with Crippen LogP contribution in [0.1, 0.15) is 30.7 Å². The molecular formula is C13H18N2. The van der Waals surface area contributed by atoms with Gasteiger partial charge in [-0.25, -0.2) is 0 Å². The molecule has 2 nitrogen and oxygen atoms in total. The molecule has 0 unspecified atom stereocenters. The molecule has 0 aliphatic heterocycles. The van der Waals surface area contributed by atoms with Crippen molar-refractivity contribution in [1.82, 2.24) is 10.3 Å². The van der Waals surface area contributed by atoms with E-state index in [0.717, 1.165) is 11.8 Å². The summed E-state index contributed by atoms with van der Waals surface area (Å²) in [4.78, 5) is 4.25. The second-order valence-corrected chi connectivity index (χ2v) is 4.96. The summed E-state index contributed by atoms with van der Waals surface area (Å²) in [6.07, 6.45) is 8.18. The highest BCUT2D eigenvalue weighted by atomic mass is 14.9. The van der Waals surface area contributed by atoms with Crippen LogP contribution < -0.4 is 5.32 Å². The van der Waals surface area contributed by atoms with Crippen LogP contribution in [0.15, 0.2) is 24.5 Å². The summed E-state index contributed by atoms with van der Waals surface area (Å²) < 4.78 is 0. The molecule has 0 amide bonds. The molecule has 1 heterocycles. The fraction of sp³-hybridized carbons (Fsp3) is 0.615. The number of pyridine rings is 1. The third kappa shape index (κ3) is 1.39. The molecule has 0 saturated heterocycles. The highest BCUT2D eigenvalue weighted by Crippen LogP contribution is 2.52. The average Bonchev–Trinajstić information content (AvgIpc) is 2.89. The summed E-state index contributed by atoms with van der Waals surface area (Å²) in [6.45, 7) is 0. The minimum Gasteiger partial charge on any atom is -0.316 e. The Bertz CT molecular complexity index is 336. The second-order valence-electron chi connectivity index (χ2n) is 4.96. The fourth-order valence-electron chi connectivity index (χ4n) is 3.76. The minimum absolute atomic E-state index is 0.688. The van der Waals surface area contributed by atoms with E-state index < -0.39 is 0 Å². The van der Waals surface area contributed by atoms with Crippen molar-refractivity contribution >= 4 is 0 Å². The predicted molar refractivity (Wildman–Crippen MR) is 60.7 cm³/mol. The quantitative estimate of drug-likeness (QED) is 0.795. The molecule has 0 aromatic carbocycles. The van der Waals surface area contributed by atoms with E-state index in [-0.39, 0.29) is 0 Å². The number of nitrogens with zero attached hydrogens (tertiary/aromatic N) is 1. The van der Waals surface area contributed by atoms with Crippen LogP contribution in [-0.4, -0.2) is 18.1 Å². The van der Waals surface area contributed by atoms with Crippen LogP contribution in [0.2, 0.25) is 0 Å². The van der Waals surface area contributed by atoms with Crippen LogP contribution in [0.25, 0.3) is 0 Å². The largest absolute Gasteiger partial charge is 0.316 e. The zero-order valence-electron chi connectivity index (χ0n) is 9.19. The van der Waals surface area contributed by atoms with Crippen molar-refractivity contribution in [3.63, 3.8) is 0 Å². The maximum Gasteiger partial charge on any atom is 0.0303 e. The molecule has 3 rings (SSSR count). The Morgan fingerprint density at radius 1 is 1.33 bits per heavy atom. The normalized spacial score (nSPS) is 38.5. The summed E-state index contributed by atoms with van der Waals surface area (Å²) in [7, 11) is 2.11. The van der Waals surface area contributed by atoms with Crippen LogP contribution in [0, 0.1) is 11.8 Å². The highest BCUT2D eigenvalue weighted by Gasteiger charge is 2.47. The Labute approximate surface area is 91.1 Å². The fourth-order valence-corrected chi connectivity index (χ4v) is 3.76. The van der Waals surface area contributed by atoms with Crippen molar-refractivity contribution in [3.05, 3.63) is 30.1 Å². The molecule has 15 heavy (non-hydrogen) atoms. The maximum absolute atomic E-state index is 4.25. The molecule has 2 fully saturated rings. The highest BCUT2D eigenvalue weighted by molar-refractivity contribution is 5.23. The third-order valence-electron chi connectivity index (χ3n) is 4.32. The molecule has 1 aromatic rings. The van der Waals surface area contributed by atoms with Gasteiger partial charge in [0.1, 0.15) is 0 Å². The summed E-state index contributed by atoms with van der Waals surface area (Å²) >= 11 is 0. The van der Waals surface area contributed by atoms with Gasteiger partial charge in [0.2, 0.25) is 0 Å². The molecule has 2 bridgehead atoms. The van der Waals surface area contributed by atoms with Crippen molar-refractivity contribution in [1.29, 1.82) is 0 Å². The number of fused-ring (bicyclic) bond motifs is 2. The lowest BCUT2D eigenvalue weighted by Crippen LogP contribution is -2.37. The van der Waals surface area contributed by atoms with Gasteiger partial charge in [-0.2, -0.15) is 0 Å². The molecule has 1 N–H and O–H groups in total. The Morgan fingerprint density at radius 2 is 2.20 bits per heavy atom. The standard InChI is InChI=1S/C13H18N2/c1-14-13-10-5-4-9(7-10)12(13)11-3-2-6-15-8-11/h2-3,6,8-10,12-14H,4-5,7H2,1H3/t9-,10+,12+,13-/m1/s1. The first-order valence-corrected chi connectivity index (χ1v) is 5.97. The third-order valence-corrected chi connectivity index (χ3v) is 4.32. The predicted octanol–water partition coefficient (Wildman–Crippen LogP) is 2.18. The Balaban J connectivity index is 1.92. The minimum atomic E-state index is 0.688. The van der Waals surface area contributed by atoms with Gasteiger partial charge in [0.25, 0.3) is 0 Å². The molecule has 0 radical (unpaired) electrons. The Hall–Kier alpha value is -0.890. The Kier molecular flexibility index (Phi) is 2.24. The number of hydrogen-bond donors (Lipinski definition) is 1. The van der Waals surface area contributed by atoms with Gasteiger partial charge >= 0.3 is 0 Å². The first kappa shape index (κ1) is 9.34. The molecule has 80 valence electrons. The lowest BCUT2D eigenvalue weighted by atomic mass is 9.80. The first-order valence-electron chi connectivity index (χ1n) is 5.97. The van der Waals surface area contributed by atoms with E-state index in [2.05, 4.69) is 35.7 Å². The number of likely N-dealkylation sites (N-methyl/N-ethyl adjacent to an activating group) is 1. The summed E-state index contributed by atoms with van der Waals surface area (Å²) in [5.74, 6) is 2.52. The summed E-state index contributed by atoms with van der Waals surface area (Å²) in [6, 6.07) is 4.99. The molecule has 1 aromatic heterocycles. The van der Waals surface area contributed by atoms with Crippen LogP contribution in [-0.2, 0) is 0 Å². The second kappa shape index (κ2) is 3.60. The zero-order valence-corrected chi connectivity index (χ0v) is 9.19. The topological polar surface area (TPSA) is 24.9 Å². The van der Waals surface area contributed by atoms with Crippen molar-refractivity contribution < 1.29 is 0 Å². The van der Waals surface area contributed by atoms with E-state index in [9.17, 15) is 0 Å². The van der Waals surface area contributed by atoms with Crippen molar-refractivity contribution in [2.45, 2.75) is 31.2 Å². The molecular weight excluding hydrogens is 184 g/mol. The monoisotopic (exact) mass is 202 g/mol. The molecule has 2 saturated carbocycles. The van der Waals surface area contributed by atoms with Gasteiger partial charge in [-0.05, 0) is 49.8 Å². The van der Waals surface area contributed by atoms with Gasteiger partial charge < -0.3 is 5.32 Å². The number of rotatable bonds is 2. The van der Waals surface area contributed by atoms with Crippen LogP contribution in [0.5, 0.6) is 0 Å². The molecule has 2 heteroatoms. The Morgan fingerprint density at radius 3 is 2.93 bits per heavy atom. The van der Waals surface area contributed by atoms with E-state index in [4.69, 9.17) is 0 Å². The number of nitrogens with one attached hydrogen (secondary N) is 1. The van der Waals surface area contributed by atoms with Gasteiger partial charge in [-0.3, -0.25) is 4.98 Å². The van der Waals surface area contributed by atoms with Crippen LogP contribution in [0.4, 0.5) is 0 Å². The SMILES string of the molecule is CN[C@@H]1[C@H]2CC[C@H](C2)[C@H]1c1cccnc1. The van der Waals surface area contributed by atoms with Crippen molar-refractivity contribution in [3.8, 4) is 0 Å². The van der Waals surface area contributed by atoms with Gasteiger partial charge in [0.05, 0.1) is 0 Å². The zero-order chi connectivity index (χ0) is 10.3. The number of hydrogen-bond acceptors (Lipinski definition) is 2. The van der Waals surface area contributed by atoms with Gasteiger partial charge in [-0.15, -0.1) is 0 Å². The van der Waals surface area contributed by atoms with E-state index >= 15 is 0 Å². The number of aromatic nitrogens is 1. The van der Waals surface area contributed by atoms with E-state index in [0.29, 0.717) is 12.0 Å². The molecule has 4 atom stereocenters. The molecule has 0 spiro atoms. The first-order chi connectivity index (χ1) is 7.40. The smallest absolute Gasteiger partial charge is 0.0303 e. The van der Waals surface area contributed by atoms with Crippen LogP contribution in [0.3, 0.4) is 0 Å². The van der Waals surface area contributed by atoms with Crippen molar-refractivity contribution in [2.75, 3.05) is 7.05 Å². The van der Waals surface area contributed by atoms with Crippen LogP contribution >= 0.6 is 0 Å². The lowest BCUT2D eigenvalue weighted by Gasteiger charge is -2.30. The van der Waals surface area contributed by atoms with Crippen molar-refractivity contribution in [2.24, 2.45) is 11.8 Å². The molecule has 2 aliphatic carbocycles. The van der Waals surface area contributed by atoms with E-state index in [1.54, 1.807) is 0 Å². The van der Waals surface area contributed by atoms with E-state index in [1.807, 2.05) is 6.20 Å². The maximum atomic E-state index is 4.25. The van der Waals surface area contributed by atoms with E-state index in [1.165, 1.54) is 24.8 Å². The molecule has 2 aliphatic rings. The van der Waals surface area contributed by atoms with Gasteiger partial charge in [0, 0.05) is 24.4 Å². The average molecular weight is 202 g/mol. The lowest BCUT2D eigenvalue weighted by molar-refractivity contribution is 0.326. The van der Waals surface area contributed by atoms with Gasteiger partial charge in [-0.1, -0.05) is 6.07 Å². The summed E-state index contributed by atoms with van der Waals surface area (Å²) in [5, 5.41) is 3.52. The summed E-state index contributed by atoms with van der Waals surface area (Å²) in [5.41, 5.74) is 1.43. The van der Waals surface area contributed by atoms with Gasteiger partial charge in [0.15, 0.2) is 0 Å².